The van der Waals surface area contributed by atoms with Gasteiger partial charge in [0, 0.05) is 31.0 Å². The zero-order valence-electron chi connectivity index (χ0n) is 18.6. The highest BCUT2D eigenvalue weighted by Crippen LogP contribution is 2.19. The highest BCUT2D eigenvalue weighted by Gasteiger charge is 2.17. The highest BCUT2D eigenvalue weighted by molar-refractivity contribution is 5.94. The first-order valence-corrected chi connectivity index (χ1v) is 10.8. The van der Waals surface area contributed by atoms with Crippen molar-refractivity contribution < 1.29 is 9.18 Å². The van der Waals surface area contributed by atoms with E-state index < -0.39 is 11.9 Å². The third kappa shape index (κ3) is 6.01. The van der Waals surface area contributed by atoms with Gasteiger partial charge in [-0.15, -0.1) is 0 Å². The van der Waals surface area contributed by atoms with Gasteiger partial charge in [-0.05, 0) is 35.4 Å². The monoisotopic (exact) mass is 467 g/mol. The molecule has 174 valence electrons. The first kappa shape index (κ1) is 23.5. The predicted octanol–water partition coefficient (Wildman–Crippen LogP) is 3.39. The number of carbonyl (C=O) groups excluding carboxylic acids is 1. The van der Waals surface area contributed by atoms with E-state index >= 15 is 0 Å². The number of hydrogen-bond donors (Lipinski definition) is 3. The molecule has 4 rings (SSSR count). The van der Waals surface area contributed by atoms with Crippen LogP contribution in [-0.2, 0) is 6.54 Å². The molecule has 9 heteroatoms. The molecule has 0 unspecified atom stereocenters. The van der Waals surface area contributed by atoms with Crippen molar-refractivity contribution in [3.63, 3.8) is 0 Å². The summed E-state index contributed by atoms with van der Waals surface area (Å²) in [5, 5.41) is 15.5. The van der Waals surface area contributed by atoms with E-state index in [1.807, 2.05) is 30.3 Å². The second-order valence-corrected chi connectivity index (χ2v) is 7.77. The van der Waals surface area contributed by atoms with Gasteiger partial charge in [0.05, 0.1) is 35.3 Å². The van der Waals surface area contributed by atoms with Crippen LogP contribution in [-0.4, -0.2) is 27.4 Å². The molecule has 2 heterocycles. The first-order valence-electron chi connectivity index (χ1n) is 10.8. The minimum atomic E-state index is -0.604. The number of aromatic nitrogens is 3. The molecule has 0 aliphatic heterocycles. The lowest BCUT2D eigenvalue weighted by Crippen LogP contribution is -2.35. The van der Waals surface area contributed by atoms with Crippen molar-refractivity contribution in [1.29, 1.82) is 5.26 Å². The van der Waals surface area contributed by atoms with Crippen molar-refractivity contribution in [2.45, 2.75) is 12.6 Å². The number of pyridine rings is 1. The second-order valence-electron chi connectivity index (χ2n) is 7.77. The standard InChI is InChI=1S/C26H22FN7O/c27-22-8-7-19(10-21(22)11-28)24(34-26(35)20-2-1-9-30-13-20)14-31-12-17-3-5-18(6-4-17)23-15-33-25(29)16-32-23/h1-10,13,15-16,24,31H,12,14H2,(H2,29,33)(H,34,35)/t24-/m1/s1. The summed E-state index contributed by atoms with van der Waals surface area (Å²) in [5.41, 5.74) is 9.19. The number of nitriles is 1. The number of nitrogens with one attached hydrogen (secondary N) is 2. The lowest BCUT2D eigenvalue weighted by atomic mass is 10.0. The number of carbonyl (C=O) groups is 1. The molecule has 8 nitrogen and oxygen atoms in total. The van der Waals surface area contributed by atoms with Gasteiger partial charge in [0.1, 0.15) is 17.7 Å². The van der Waals surface area contributed by atoms with Crippen LogP contribution in [0.4, 0.5) is 10.2 Å². The van der Waals surface area contributed by atoms with E-state index in [1.54, 1.807) is 30.6 Å². The Morgan fingerprint density at radius 1 is 1.09 bits per heavy atom. The Balaban J connectivity index is 1.45. The summed E-state index contributed by atoms with van der Waals surface area (Å²) < 4.78 is 13.9. The van der Waals surface area contributed by atoms with E-state index in [2.05, 4.69) is 25.6 Å². The molecule has 1 amide bonds. The number of nitrogens with two attached hydrogens (primary N) is 1. The first-order chi connectivity index (χ1) is 17.0. The molecular formula is C26H22FN7O. The third-order valence-corrected chi connectivity index (χ3v) is 5.34. The van der Waals surface area contributed by atoms with Crippen LogP contribution in [0.5, 0.6) is 0 Å². The topological polar surface area (TPSA) is 130 Å². The van der Waals surface area contributed by atoms with Gasteiger partial charge in [-0.25, -0.2) is 9.37 Å². The Bertz CT molecular complexity index is 1340. The molecule has 1 atom stereocenters. The average molecular weight is 468 g/mol. The fourth-order valence-corrected chi connectivity index (χ4v) is 3.48. The molecule has 0 saturated carbocycles. The Morgan fingerprint density at radius 3 is 2.60 bits per heavy atom. The van der Waals surface area contributed by atoms with Gasteiger partial charge in [0.2, 0.25) is 0 Å². The molecule has 0 aliphatic carbocycles. The molecule has 0 radical (unpaired) electrons. The number of hydrogen-bond acceptors (Lipinski definition) is 7. The SMILES string of the molecule is N#Cc1cc([C@@H](CNCc2ccc(-c3cnc(N)cn3)cc2)NC(=O)c2cccnc2)ccc1F. The van der Waals surface area contributed by atoms with Crippen molar-refractivity contribution >= 4 is 11.7 Å². The Morgan fingerprint density at radius 2 is 1.91 bits per heavy atom. The van der Waals surface area contributed by atoms with Crippen LogP contribution in [0.15, 0.2) is 79.4 Å². The van der Waals surface area contributed by atoms with Crippen molar-refractivity contribution in [2.75, 3.05) is 12.3 Å². The average Bonchev–Trinajstić information content (AvgIpc) is 2.90. The number of benzene rings is 2. The zero-order valence-corrected chi connectivity index (χ0v) is 18.6. The van der Waals surface area contributed by atoms with Crippen LogP contribution < -0.4 is 16.4 Å². The van der Waals surface area contributed by atoms with Crippen molar-refractivity contribution in [1.82, 2.24) is 25.6 Å². The third-order valence-electron chi connectivity index (χ3n) is 5.34. The summed E-state index contributed by atoms with van der Waals surface area (Å²) in [4.78, 5) is 25.0. The van der Waals surface area contributed by atoms with E-state index in [9.17, 15) is 14.4 Å². The molecule has 0 fully saturated rings. The summed E-state index contributed by atoms with van der Waals surface area (Å²) in [6.45, 7) is 0.882. The molecular weight excluding hydrogens is 445 g/mol. The number of rotatable bonds is 8. The summed E-state index contributed by atoms with van der Waals surface area (Å²) in [5.74, 6) is -0.558. The number of nitrogen functional groups attached to an aromatic ring is 1. The van der Waals surface area contributed by atoms with Crippen molar-refractivity contribution in [2.24, 2.45) is 0 Å². The van der Waals surface area contributed by atoms with Gasteiger partial charge in [-0.1, -0.05) is 30.3 Å². The lowest BCUT2D eigenvalue weighted by Gasteiger charge is -2.20. The molecule has 2 aromatic carbocycles. The van der Waals surface area contributed by atoms with Gasteiger partial charge in [0.25, 0.3) is 5.91 Å². The molecule has 2 aromatic heterocycles. The molecule has 0 spiro atoms. The minimum Gasteiger partial charge on any atom is -0.382 e. The van der Waals surface area contributed by atoms with Crippen molar-refractivity contribution in [3.05, 3.63) is 107 Å². The van der Waals surface area contributed by atoms with E-state index in [4.69, 9.17) is 5.73 Å². The fraction of sp³-hybridized carbons (Fsp3) is 0.115. The van der Waals surface area contributed by atoms with Crippen LogP contribution in [0.2, 0.25) is 0 Å². The van der Waals surface area contributed by atoms with Gasteiger partial charge >= 0.3 is 0 Å². The lowest BCUT2D eigenvalue weighted by molar-refractivity contribution is 0.0935. The molecule has 4 N–H and O–H groups in total. The fourth-order valence-electron chi connectivity index (χ4n) is 3.48. The van der Waals surface area contributed by atoms with Gasteiger partial charge in [-0.3, -0.25) is 14.8 Å². The van der Waals surface area contributed by atoms with Crippen LogP contribution in [0.3, 0.4) is 0 Å². The quantitative estimate of drug-likeness (QED) is 0.362. The molecule has 0 bridgehead atoms. The smallest absolute Gasteiger partial charge is 0.253 e. The summed E-state index contributed by atoms with van der Waals surface area (Å²) in [6.07, 6.45) is 6.19. The summed E-state index contributed by atoms with van der Waals surface area (Å²) >= 11 is 0. The number of halogens is 1. The maximum absolute atomic E-state index is 13.9. The minimum absolute atomic E-state index is 0.0792. The number of anilines is 1. The largest absolute Gasteiger partial charge is 0.382 e. The Hall–Kier alpha value is -4.68. The van der Waals surface area contributed by atoms with Gasteiger partial charge < -0.3 is 16.4 Å². The van der Waals surface area contributed by atoms with Crippen LogP contribution >= 0.6 is 0 Å². The zero-order chi connectivity index (χ0) is 24.6. The van der Waals surface area contributed by atoms with Crippen LogP contribution in [0.25, 0.3) is 11.3 Å². The summed E-state index contributed by atoms with van der Waals surface area (Å²) in [7, 11) is 0. The number of nitrogens with zero attached hydrogens (tertiary/aromatic N) is 4. The maximum Gasteiger partial charge on any atom is 0.253 e. The maximum atomic E-state index is 13.9. The predicted molar refractivity (Wildman–Crippen MR) is 129 cm³/mol. The second kappa shape index (κ2) is 11.0. The van der Waals surface area contributed by atoms with Gasteiger partial charge in [0.15, 0.2) is 0 Å². The normalized spacial score (nSPS) is 11.4. The number of amides is 1. The molecule has 4 aromatic rings. The molecule has 0 aliphatic rings. The van der Waals surface area contributed by atoms with Crippen LogP contribution in [0.1, 0.15) is 33.1 Å². The van der Waals surface area contributed by atoms with Crippen molar-refractivity contribution in [3.8, 4) is 17.3 Å². The molecule has 35 heavy (non-hydrogen) atoms. The van der Waals surface area contributed by atoms with Crippen LogP contribution in [0, 0.1) is 17.1 Å². The highest BCUT2D eigenvalue weighted by atomic mass is 19.1. The van der Waals surface area contributed by atoms with E-state index in [-0.39, 0.29) is 11.5 Å². The van der Waals surface area contributed by atoms with Gasteiger partial charge in [-0.2, -0.15) is 5.26 Å². The van der Waals surface area contributed by atoms with E-state index in [0.717, 1.165) is 16.8 Å². The Kier molecular flexibility index (Phi) is 7.35. The summed E-state index contributed by atoms with van der Waals surface area (Å²) in [6, 6.07) is 16.7. The van der Waals surface area contributed by atoms with E-state index in [1.165, 1.54) is 24.5 Å². The molecule has 0 saturated heterocycles. The van der Waals surface area contributed by atoms with E-state index in [0.29, 0.717) is 30.0 Å². The Labute approximate surface area is 201 Å².